The van der Waals surface area contributed by atoms with Crippen LogP contribution in [0.15, 0.2) is 42.5 Å². The Morgan fingerprint density at radius 3 is 2.69 bits per heavy atom. The van der Waals surface area contributed by atoms with Crippen LogP contribution in [0, 0.1) is 0 Å². The van der Waals surface area contributed by atoms with Crippen LogP contribution in [0.4, 0.5) is 0 Å². The SMILES string of the molecule is O=C/C=C/C1OC1c1ccccc1. The number of hydrogen-bond acceptors (Lipinski definition) is 2. The van der Waals surface area contributed by atoms with Gasteiger partial charge in [0.1, 0.15) is 18.5 Å². The summed E-state index contributed by atoms with van der Waals surface area (Å²) in [5.74, 6) is 0. The first-order chi connectivity index (χ1) is 6.42. The number of carbonyl (C=O) groups is 1. The minimum atomic E-state index is 0.0904. The number of benzene rings is 1. The van der Waals surface area contributed by atoms with Crippen LogP contribution in [-0.2, 0) is 9.53 Å². The monoisotopic (exact) mass is 174 g/mol. The van der Waals surface area contributed by atoms with E-state index >= 15 is 0 Å². The number of epoxide rings is 1. The molecule has 0 spiro atoms. The molecule has 1 heterocycles. The van der Waals surface area contributed by atoms with E-state index in [1.165, 1.54) is 11.6 Å². The van der Waals surface area contributed by atoms with Crippen molar-refractivity contribution < 1.29 is 9.53 Å². The predicted octanol–water partition coefficient (Wildman–Crippen LogP) is 1.88. The lowest BCUT2D eigenvalue weighted by Crippen LogP contribution is -1.83. The average Bonchev–Trinajstić information content (AvgIpc) is 2.95. The Balaban J connectivity index is 2.00. The molecule has 2 nitrogen and oxygen atoms in total. The Morgan fingerprint density at radius 1 is 1.23 bits per heavy atom. The number of carbonyl (C=O) groups excluding carboxylic acids is 1. The van der Waals surface area contributed by atoms with Crippen LogP contribution >= 0.6 is 0 Å². The van der Waals surface area contributed by atoms with Crippen molar-refractivity contribution in [1.82, 2.24) is 0 Å². The third kappa shape index (κ3) is 1.84. The van der Waals surface area contributed by atoms with Crippen LogP contribution in [0.2, 0.25) is 0 Å². The van der Waals surface area contributed by atoms with E-state index in [9.17, 15) is 4.79 Å². The summed E-state index contributed by atoms with van der Waals surface area (Å²) in [6.45, 7) is 0. The van der Waals surface area contributed by atoms with Crippen LogP contribution in [0.25, 0.3) is 0 Å². The van der Waals surface area contributed by atoms with Gasteiger partial charge in [0.05, 0.1) is 0 Å². The molecule has 1 aliphatic rings. The van der Waals surface area contributed by atoms with E-state index < -0.39 is 0 Å². The zero-order chi connectivity index (χ0) is 9.10. The fraction of sp³-hybridized carbons (Fsp3) is 0.182. The third-order valence-electron chi connectivity index (χ3n) is 2.03. The average molecular weight is 174 g/mol. The zero-order valence-electron chi connectivity index (χ0n) is 7.09. The van der Waals surface area contributed by atoms with Gasteiger partial charge in [0.25, 0.3) is 0 Å². The molecule has 2 atom stereocenters. The summed E-state index contributed by atoms with van der Waals surface area (Å²) >= 11 is 0. The van der Waals surface area contributed by atoms with Gasteiger partial charge in [-0.05, 0) is 17.7 Å². The maximum atomic E-state index is 10.0. The van der Waals surface area contributed by atoms with Gasteiger partial charge in [-0.15, -0.1) is 0 Å². The van der Waals surface area contributed by atoms with Crippen molar-refractivity contribution in [2.75, 3.05) is 0 Å². The normalized spacial score (nSPS) is 26.2. The van der Waals surface area contributed by atoms with Crippen LogP contribution < -0.4 is 0 Å². The molecule has 0 amide bonds. The van der Waals surface area contributed by atoms with Crippen molar-refractivity contribution in [1.29, 1.82) is 0 Å². The molecule has 0 saturated carbocycles. The third-order valence-corrected chi connectivity index (χ3v) is 2.03. The molecular weight excluding hydrogens is 164 g/mol. The van der Waals surface area contributed by atoms with Crippen molar-refractivity contribution in [3.05, 3.63) is 48.0 Å². The molecule has 2 rings (SSSR count). The first-order valence-electron chi connectivity index (χ1n) is 4.24. The summed E-state index contributed by atoms with van der Waals surface area (Å²) in [5, 5.41) is 0. The highest BCUT2D eigenvalue weighted by molar-refractivity contribution is 5.65. The Morgan fingerprint density at radius 2 is 2.00 bits per heavy atom. The molecule has 2 heteroatoms. The number of aldehydes is 1. The van der Waals surface area contributed by atoms with E-state index in [2.05, 4.69) is 0 Å². The summed E-state index contributed by atoms with van der Waals surface area (Å²) in [5.41, 5.74) is 1.17. The Kier molecular flexibility index (Phi) is 2.23. The number of ether oxygens (including phenoxy) is 1. The number of rotatable bonds is 3. The van der Waals surface area contributed by atoms with Crippen molar-refractivity contribution in [2.45, 2.75) is 12.2 Å². The molecule has 66 valence electrons. The van der Waals surface area contributed by atoms with Gasteiger partial charge in [0, 0.05) is 0 Å². The van der Waals surface area contributed by atoms with Crippen LogP contribution in [0.5, 0.6) is 0 Å². The lowest BCUT2D eigenvalue weighted by molar-refractivity contribution is -0.104. The van der Waals surface area contributed by atoms with E-state index in [-0.39, 0.29) is 12.2 Å². The molecule has 2 unspecified atom stereocenters. The van der Waals surface area contributed by atoms with E-state index in [4.69, 9.17) is 4.74 Å². The van der Waals surface area contributed by atoms with Gasteiger partial charge in [-0.3, -0.25) is 4.79 Å². The van der Waals surface area contributed by atoms with Crippen molar-refractivity contribution in [3.63, 3.8) is 0 Å². The van der Waals surface area contributed by atoms with Gasteiger partial charge in [0.15, 0.2) is 0 Å². The second kappa shape index (κ2) is 3.54. The first kappa shape index (κ1) is 8.20. The number of allylic oxidation sites excluding steroid dienone is 1. The molecule has 1 aromatic carbocycles. The highest BCUT2D eigenvalue weighted by Crippen LogP contribution is 2.39. The van der Waals surface area contributed by atoms with Crippen molar-refractivity contribution in [2.24, 2.45) is 0 Å². The summed E-state index contributed by atoms with van der Waals surface area (Å²) in [6.07, 6.45) is 4.27. The fourth-order valence-corrected chi connectivity index (χ4v) is 1.34. The van der Waals surface area contributed by atoms with Gasteiger partial charge in [0.2, 0.25) is 0 Å². The van der Waals surface area contributed by atoms with Crippen molar-refractivity contribution in [3.8, 4) is 0 Å². The summed E-state index contributed by atoms with van der Waals surface area (Å²) in [6, 6.07) is 10.00. The van der Waals surface area contributed by atoms with E-state index in [1.54, 1.807) is 6.08 Å². The smallest absolute Gasteiger partial charge is 0.142 e. The highest BCUT2D eigenvalue weighted by Gasteiger charge is 2.37. The molecule has 0 N–H and O–H groups in total. The van der Waals surface area contributed by atoms with Gasteiger partial charge in [-0.1, -0.05) is 30.3 Å². The fourth-order valence-electron chi connectivity index (χ4n) is 1.34. The number of hydrogen-bond donors (Lipinski definition) is 0. The molecule has 1 saturated heterocycles. The van der Waals surface area contributed by atoms with Crippen LogP contribution in [0.3, 0.4) is 0 Å². The molecule has 13 heavy (non-hydrogen) atoms. The molecular formula is C11H10O2. The van der Waals surface area contributed by atoms with Gasteiger partial charge in [-0.25, -0.2) is 0 Å². The Hall–Kier alpha value is -1.41. The molecule has 0 bridgehead atoms. The van der Waals surface area contributed by atoms with E-state index in [1.807, 2.05) is 30.3 Å². The van der Waals surface area contributed by atoms with E-state index in [0.717, 1.165) is 6.29 Å². The second-order valence-electron chi connectivity index (χ2n) is 2.95. The van der Waals surface area contributed by atoms with E-state index in [0.29, 0.717) is 0 Å². The van der Waals surface area contributed by atoms with Crippen LogP contribution in [0.1, 0.15) is 11.7 Å². The molecule has 1 fully saturated rings. The Bertz CT molecular complexity index is 316. The van der Waals surface area contributed by atoms with Gasteiger partial charge in [-0.2, -0.15) is 0 Å². The van der Waals surface area contributed by atoms with Gasteiger partial charge >= 0.3 is 0 Å². The summed E-state index contributed by atoms with van der Waals surface area (Å²) < 4.78 is 5.36. The zero-order valence-corrected chi connectivity index (χ0v) is 7.09. The molecule has 0 aromatic heterocycles. The van der Waals surface area contributed by atoms with Crippen LogP contribution in [-0.4, -0.2) is 12.4 Å². The predicted molar refractivity (Wildman–Crippen MR) is 49.3 cm³/mol. The lowest BCUT2D eigenvalue weighted by Gasteiger charge is -1.91. The van der Waals surface area contributed by atoms with Crippen molar-refractivity contribution >= 4 is 6.29 Å². The maximum Gasteiger partial charge on any atom is 0.142 e. The highest BCUT2D eigenvalue weighted by atomic mass is 16.6. The quantitative estimate of drug-likeness (QED) is 0.398. The Labute approximate surface area is 76.8 Å². The molecule has 1 aliphatic heterocycles. The largest absolute Gasteiger partial charge is 0.360 e. The standard InChI is InChI=1S/C11H10O2/c12-8-4-7-10-11(13-10)9-5-2-1-3-6-9/h1-8,10-11H/b7-4+. The lowest BCUT2D eigenvalue weighted by atomic mass is 10.1. The first-order valence-corrected chi connectivity index (χ1v) is 4.24. The molecule has 1 aromatic rings. The topological polar surface area (TPSA) is 29.6 Å². The summed E-state index contributed by atoms with van der Waals surface area (Å²) in [7, 11) is 0. The minimum absolute atomic E-state index is 0.0904. The molecule has 0 radical (unpaired) electrons. The minimum Gasteiger partial charge on any atom is -0.360 e. The maximum absolute atomic E-state index is 10.0. The molecule has 0 aliphatic carbocycles. The van der Waals surface area contributed by atoms with Gasteiger partial charge < -0.3 is 4.74 Å². The second-order valence-corrected chi connectivity index (χ2v) is 2.95. The summed E-state index contributed by atoms with van der Waals surface area (Å²) in [4.78, 5) is 10.0.